The molecular weight excluding hydrogens is 222 g/mol. The molecule has 1 unspecified atom stereocenters. The van der Waals surface area contributed by atoms with Crippen molar-refractivity contribution in [1.29, 1.82) is 0 Å². The second kappa shape index (κ2) is 9.95. The van der Waals surface area contributed by atoms with Crippen LogP contribution in [-0.2, 0) is 4.84 Å². The van der Waals surface area contributed by atoms with Crippen molar-refractivity contribution in [3.8, 4) is 0 Å². The zero-order chi connectivity index (χ0) is 13.1. The van der Waals surface area contributed by atoms with Crippen LogP contribution in [0, 0.1) is 0 Å². The zero-order valence-electron chi connectivity index (χ0n) is 10.4. The molecule has 2 amide bonds. The van der Waals surface area contributed by atoms with Crippen LogP contribution in [0.1, 0.15) is 13.8 Å². The van der Waals surface area contributed by atoms with E-state index >= 15 is 0 Å². The summed E-state index contributed by atoms with van der Waals surface area (Å²) in [7, 11) is 0. The molecule has 0 heterocycles. The molecule has 0 fully saturated rings. The molecule has 0 radical (unpaired) electrons. The van der Waals surface area contributed by atoms with Crippen molar-refractivity contribution in [2.45, 2.75) is 20.0 Å². The molecule has 0 aromatic rings. The van der Waals surface area contributed by atoms with Gasteiger partial charge < -0.3 is 10.4 Å². The molecule has 6 heteroatoms. The number of nitrogens with zero attached hydrogens (tertiary/aromatic N) is 2. The lowest BCUT2D eigenvalue weighted by atomic mass is 10.4. The van der Waals surface area contributed by atoms with Crippen LogP contribution >= 0.6 is 0 Å². The highest BCUT2D eigenvalue weighted by Gasteiger charge is 2.11. The van der Waals surface area contributed by atoms with Crippen LogP contribution in [0.2, 0.25) is 0 Å². The van der Waals surface area contributed by atoms with Crippen LogP contribution in [0.15, 0.2) is 17.6 Å². The number of carbonyl (C=O) groups excluding carboxylic acids is 1. The Morgan fingerprint density at radius 1 is 1.71 bits per heavy atom. The number of hydrogen-bond acceptors (Lipinski definition) is 4. The van der Waals surface area contributed by atoms with Gasteiger partial charge in [0.2, 0.25) is 0 Å². The van der Waals surface area contributed by atoms with Crippen LogP contribution in [0.25, 0.3) is 0 Å². The number of aliphatic imine (C=N–C) groups is 1. The van der Waals surface area contributed by atoms with E-state index in [1.165, 1.54) is 6.21 Å². The molecule has 0 aromatic carbocycles. The molecule has 0 aliphatic heterocycles. The molecular formula is C11H21N3O3. The molecule has 0 aliphatic rings. The van der Waals surface area contributed by atoms with E-state index in [4.69, 9.17) is 9.94 Å². The largest absolute Gasteiger partial charge is 0.392 e. The average molecular weight is 243 g/mol. The molecule has 1 atom stereocenters. The first-order valence-electron chi connectivity index (χ1n) is 5.54. The SMILES string of the molecule is C=CCON(CCNCC(C)O)C(=O)N=CC. The summed E-state index contributed by atoms with van der Waals surface area (Å²) >= 11 is 0. The Balaban J connectivity index is 4.01. The third-order valence-corrected chi connectivity index (χ3v) is 1.73. The molecule has 0 saturated carbocycles. The maximum atomic E-state index is 11.5. The summed E-state index contributed by atoms with van der Waals surface area (Å²) in [5.41, 5.74) is 0. The molecule has 0 saturated heterocycles. The van der Waals surface area contributed by atoms with E-state index in [-0.39, 0.29) is 6.61 Å². The second-order valence-electron chi connectivity index (χ2n) is 3.41. The van der Waals surface area contributed by atoms with Crippen LogP contribution in [0.5, 0.6) is 0 Å². The molecule has 17 heavy (non-hydrogen) atoms. The van der Waals surface area contributed by atoms with Gasteiger partial charge in [0.15, 0.2) is 0 Å². The first-order valence-corrected chi connectivity index (χ1v) is 5.54. The van der Waals surface area contributed by atoms with Crippen molar-refractivity contribution in [2.75, 3.05) is 26.2 Å². The highest BCUT2D eigenvalue weighted by molar-refractivity contribution is 5.82. The molecule has 0 spiro atoms. The smallest absolute Gasteiger partial charge is 0.367 e. The predicted octanol–water partition coefficient (Wildman–Crippen LogP) is 0.587. The minimum absolute atomic E-state index is 0.251. The van der Waals surface area contributed by atoms with Crippen molar-refractivity contribution in [3.05, 3.63) is 12.7 Å². The van der Waals surface area contributed by atoms with E-state index in [1.54, 1.807) is 19.9 Å². The maximum absolute atomic E-state index is 11.5. The topological polar surface area (TPSA) is 74.2 Å². The number of aliphatic hydroxyl groups excluding tert-OH is 1. The van der Waals surface area contributed by atoms with Crippen LogP contribution < -0.4 is 5.32 Å². The van der Waals surface area contributed by atoms with Crippen molar-refractivity contribution in [3.63, 3.8) is 0 Å². The number of hydrogen-bond donors (Lipinski definition) is 2. The summed E-state index contributed by atoms with van der Waals surface area (Å²) in [6, 6.07) is -0.451. The van der Waals surface area contributed by atoms with Crippen molar-refractivity contribution in [1.82, 2.24) is 10.4 Å². The van der Waals surface area contributed by atoms with Gasteiger partial charge in [-0.1, -0.05) is 6.08 Å². The molecule has 0 rings (SSSR count). The number of nitrogens with one attached hydrogen (secondary N) is 1. The number of hydroxylamine groups is 2. The molecule has 0 bridgehead atoms. The number of amides is 2. The van der Waals surface area contributed by atoms with E-state index in [0.29, 0.717) is 19.6 Å². The minimum Gasteiger partial charge on any atom is -0.392 e. The van der Waals surface area contributed by atoms with E-state index < -0.39 is 12.1 Å². The summed E-state index contributed by atoms with van der Waals surface area (Å²) in [5, 5.41) is 13.2. The van der Waals surface area contributed by atoms with Crippen LogP contribution in [-0.4, -0.2) is 54.8 Å². The number of rotatable bonds is 8. The maximum Gasteiger partial charge on any atom is 0.367 e. The Morgan fingerprint density at radius 2 is 2.41 bits per heavy atom. The van der Waals surface area contributed by atoms with E-state index in [2.05, 4.69) is 16.9 Å². The first kappa shape index (κ1) is 15.8. The van der Waals surface area contributed by atoms with Gasteiger partial charge in [-0.2, -0.15) is 5.06 Å². The van der Waals surface area contributed by atoms with E-state index in [1.807, 2.05) is 0 Å². The molecule has 0 aromatic heterocycles. The highest BCUT2D eigenvalue weighted by Crippen LogP contribution is 1.95. The third kappa shape index (κ3) is 8.56. The number of aliphatic hydroxyl groups is 1. The van der Waals surface area contributed by atoms with Gasteiger partial charge >= 0.3 is 6.03 Å². The van der Waals surface area contributed by atoms with Crippen molar-refractivity contribution in [2.24, 2.45) is 4.99 Å². The van der Waals surface area contributed by atoms with Crippen LogP contribution in [0.3, 0.4) is 0 Å². The van der Waals surface area contributed by atoms with Crippen molar-refractivity contribution >= 4 is 12.2 Å². The third-order valence-electron chi connectivity index (χ3n) is 1.73. The van der Waals surface area contributed by atoms with Gasteiger partial charge in [0.1, 0.15) is 0 Å². The Hall–Kier alpha value is -1.24. The summed E-state index contributed by atoms with van der Waals surface area (Å²) in [5.74, 6) is 0. The Morgan fingerprint density at radius 3 is 2.94 bits per heavy atom. The summed E-state index contributed by atoms with van der Waals surface area (Å²) in [6.45, 7) is 8.46. The van der Waals surface area contributed by atoms with Gasteiger partial charge in [0, 0.05) is 19.3 Å². The zero-order valence-corrected chi connectivity index (χ0v) is 10.4. The van der Waals surface area contributed by atoms with E-state index in [0.717, 1.165) is 5.06 Å². The summed E-state index contributed by atoms with van der Waals surface area (Å²) in [6.07, 6.45) is 2.55. The number of urea groups is 1. The molecule has 2 N–H and O–H groups in total. The Labute approximate surface area is 102 Å². The Bertz CT molecular complexity index is 254. The standard InChI is InChI=1S/C11H21N3O3/c1-4-8-17-14(11(16)13-5-2)7-6-12-9-10(3)15/h4-5,10,12,15H,1,6-9H2,2-3H3. The normalized spacial score (nSPS) is 12.6. The fourth-order valence-electron chi connectivity index (χ4n) is 1.02. The lowest BCUT2D eigenvalue weighted by Gasteiger charge is -2.19. The van der Waals surface area contributed by atoms with E-state index in [9.17, 15) is 4.79 Å². The minimum atomic E-state index is -0.451. The van der Waals surface area contributed by atoms with Gasteiger partial charge in [-0.25, -0.2) is 9.79 Å². The molecule has 0 aliphatic carbocycles. The van der Waals surface area contributed by atoms with Gasteiger partial charge in [-0.15, -0.1) is 6.58 Å². The fourth-order valence-corrected chi connectivity index (χ4v) is 1.02. The molecule has 6 nitrogen and oxygen atoms in total. The highest BCUT2D eigenvalue weighted by atomic mass is 16.7. The average Bonchev–Trinajstić information content (AvgIpc) is 2.28. The van der Waals surface area contributed by atoms with Gasteiger partial charge in [0.05, 0.1) is 19.3 Å². The lowest BCUT2D eigenvalue weighted by molar-refractivity contribution is -0.101. The fraction of sp³-hybridized carbons (Fsp3) is 0.636. The predicted molar refractivity (Wildman–Crippen MR) is 67.0 cm³/mol. The summed E-state index contributed by atoms with van der Waals surface area (Å²) in [4.78, 5) is 20.2. The summed E-state index contributed by atoms with van der Waals surface area (Å²) < 4.78 is 0. The number of carbonyl (C=O) groups is 1. The second-order valence-corrected chi connectivity index (χ2v) is 3.41. The Kier molecular flexibility index (Phi) is 9.22. The first-order chi connectivity index (χ1) is 8.11. The van der Waals surface area contributed by atoms with Gasteiger partial charge in [-0.05, 0) is 13.8 Å². The monoisotopic (exact) mass is 243 g/mol. The quantitative estimate of drug-likeness (QED) is 0.283. The van der Waals surface area contributed by atoms with Crippen LogP contribution in [0.4, 0.5) is 4.79 Å². The molecule has 98 valence electrons. The van der Waals surface area contributed by atoms with Crippen molar-refractivity contribution < 1.29 is 14.7 Å². The lowest BCUT2D eigenvalue weighted by Crippen LogP contribution is -2.37. The van der Waals surface area contributed by atoms with Gasteiger partial charge in [-0.3, -0.25) is 4.84 Å². The van der Waals surface area contributed by atoms with Gasteiger partial charge in [0.25, 0.3) is 0 Å².